The van der Waals surface area contributed by atoms with Gasteiger partial charge in [-0.2, -0.15) is 0 Å². The van der Waals surface area contributed by atoms with Gasteiger partial charge in [0.25, 0.3) is 0 Å². The van der Waals surface area contributed by atoms with E-state index in [2.05, 4.69) is 22.9 Å². The molecule has 84 valence electrons. The van der Waals surface area contributed by atoms with Crippen LogP contribution in [0.3, 0.4) is 0 Å². The van der Waals surface area contributed by atoms with Crippen LogP contribution >= 0.6 is 0 Å². The molecule has 0 bridgehead atoms. The molecule has 0 rings (SSSR count). The average Bonchev–Trinajstić information content (AvgIpc) is 1.98. The second kappa shape index (κ2) is 5.86. The SMILES string of the molecule is CNCC(C)CNC(=O)NC(C)(C)C. The lowest BCUT2D eigenvalue weighted by molar-refractivity contribution is 0.230. The summed E-state index contributed by atoms with van der Waals surface area (Å²) in [4.78, 5) is 11.3. The fraction of sp³-hybridized carbons (Fsp3) is 0.900. The van der Waals surface area contributed by atoms with E-state index >= 15 is 0 Å². The first-order valence-corrected chi connectivity index (χ1v) is 5.06. The van der Waals surface area contributed by atoms with E-state index < -0.39 is 0 Å². The van der Waals surface area contributed by atoms with Gasteiger partial charge in [-0.05, 0) is 40.3 Å². The lowest BCUT2D eigenvalue weighted by atomic mass is 10.1. The average molecular weight is 201 g/mol. The molecule has 0 aromatic carbocycles. The molecule has 0 aliphatic rings. The Morgan fingerprint density at radius 1 is 1.29 bits per heavy atom. The van der Waals surface area contributed by atoms with Crippen molar-refractivity contribution >= 4 is 6.03 Å². The van der Waals surface area contributed by atoms with E-state index in [0.717, 1.165) is 6.54 Å². The summed E-state index contributed by atoms with van der Waals surface area (Å²) in [7, 11) is 1.91. The van der Waals surface area contributed by atoms with Gasteiger partial charge in [0.1, 0.15) is 0 Å². The number of carbonyl (C=O) groups is 1. The number of hydrogen-bond acceptors (Lipinski definition) is 2. The minimum atomic E-state index is -0.170. The Morgan fingerprint density at radius 2 is 1.86 bits per heavy atom. The quantitative estimate of drug-likeness (QED) is 0.634. The van der Waals surface area contributed by atoms with E-state index in [1.165, 1.54) is 0 Å². The number of urea groups is 1. The maximum Gasteiger partial charge on any atom is 0.315 e. The molecule has 0 heterocycles. The molecule has 0 aliphatic heterocycles. The van der Waals surface area contributed by atoms with Crippen molar-refractivity contribution in [3.05, 3.63) is 0 Å². The smallest absolute Gasteiger partial charge is 0.315 e. The van der Waals surface area contributed by atoms with Gasteiger partial charge in [-0.3, -0.25) is 0 Å². The number of carbonyl (C=O) groups excluding carboxylic acids is 1. The summed E-state index contributed by atoms with van der Waals surface area (Å²) < 4.78 is 0. The first-order valence-electron chi connectivity index (χ1n) is 5.06. The van der Waals surface area contributed by atoms with Gasteiger partial charge >= 0.3 is 6.03 Å². The molecule has 4 nitrogen and oxygen atoms in total. The predicted molar refractivity (Wildman–Crippen MR) is 59.4 cm³/mol. The molecule has 0 aromatic rings. The molecule has 2 amide bonds. The van der Waals surface area contributed by atoms with Gasteiger partial charge in [-0.25, -0.2) is 4.79 Å². The summed E-state index contributed by atoms with van der Waals surface area (Å²) in [6.45, 7) is 9.59. The minimum absolute atomic E-state index is 0.0968. The summed E-state index contributed by atoms with van der Waals surface area (Å²) in [5.41, 5.74) is -0.170. The van der Waals surface area contributed by atoms with Crippen molar-refractivity contribution in [3.8, 4) is 0 Å². The molecule has 0 saturated heterocycles. The van der Waals surface area contributed by atoms with Crippen LogP contribution in [0.5, 0.6) is 0 Å². The maximum atomic E-state index is 11.3. The fourth-order valence-corrected chi connectivity index (χ4v) is 1.07. The monoisotopic (exact) mass is 201 g/mol. The normalized spacial score (nSPS) is 13.5. The lowest BCUT2D eigenvalue weighted by Gasteiger charge is -2.21. The van der Waals surface area contributed by atoms with Crippen molar-refractivity contribution in [2.75, 3.05) is 20.1 Å². The third kappa shape index (κ3) is 7.86. The highest BCUT2D eigenvalue weighted by molar-refractivity contribution is 5.74. The van der Waals surface area contributed by atoms with Crippen LogP contribution in [-0.2, 0) is 0 Å². The zero-order valence-electron chi connectivity index (χ0n) is 9.90. The molecule has 1 atom stereocenters. The van der Waals surface area contributed by atoms with Gasteiger partial charge in [-0.1, -0.05) is 6.92 Å². The lowest BCUT2D eigenvalue weighted by Crippen LogP contribution is -2.47. The predicted octanol–water partition coefficient (Wildman–Crippen LogP) is 0.940. The van der Waals surface area contributed by atoms with E-state index in [4.69, 9.17) is 0 Å². The van der Waals surface area contributed by atoms with Crippen LogP contribution in [0.15, 0.2) is 0 Å². The van der Waals surface area contributed by atoms with E-state index in [9.17, 15) is 4.79 Å². The molecular formula is C10H23N3O. The second-order valence-corrected chi connectivity index (χ2v) is 4.75. The Labute approximate surface area is 86.8 Å². The van der Waals surface area contributed by atoms with E-state index in [-0.39, 0.29) is 11.6 Å². The van der Waals surface area contributed by atoms with Crippen LogP contribution in [-0.4, -0.2) is 31.7 Å². The van der Waals surface area contributed by atoms with Crippen LogP contribution in [0.2, 0.25) is 0 Å². The van der Waals surface area contributed by atoms with Crippen molar-refractivity contribution in [1.82, 2.24) is 16.0 Å². The van der Waals surface area contributed by atoms with Gasteiger partial charge in [0.05, 0.1) is 0 Å². The Bertz CT molecular complexity index is 175. The molecule has 3 N–H and O–H groups in total. The summed E-state index contributed by atoms with van der Waals surface area (Å²) in [6, 6.07) is -0.0968. The standard InChI is InChI=1S/C10H23N3O/c1-8(6-11-5)7-12-9(14)13-10(2,3)4/h8,11H,6-7H2,1-5H3,(H2,12,13,14). The zero-order valence-corrected chi connectivity index (χ0v) is 9.90. The first kappa shape index (κ1) is 13.2. The van der Waals surface area contributed by atoms with Crippen LogP contribution in [0, 0.1) is 5.92 Å². The first-order chi connectivity index (χ1) is 6.35. The number of rotatable bonds is 4. The number of amides is 2. The Hall–Kier alpha value is -0.770. The maximum absolute atomic E-state index is 11.3. The van der Waals surface area contributed by atoms with Gasteiger partial charge < -0.3 is 16.0 Å². The highest BCUT2D eigenvalue weighted by Crippen LogP contribution is 1.97. The van der Waals surface area contributed by atoms with Crippen molar-refractivity contribution in [3.63, 3.8) is 0 Å². The summed E-state index contributed by atoms with van der Waals surface area (Å²) in [5, 5.41) is 8.75. The number of nitrogens with one attached hydrogen (secondary N) is 3. The van der Waals surface area contributed by atoms with Gasteiger partial charge in [0, 0.05) is 12.1 Å². The van der Waals surface area contributed by atoms with E-state index in [0.29, 0.717) is 12.5 Å². The van der Waals surface area contributed by atoms with Gasteiger partial charge in [0.2, 0.25) is 0 Å². The minimum Gasteiger partial charge on any atom is -0.338 e. The summed E-state index contributed by atoms with van der Waals surface area (Å²) in [6.07, 6.45) is 0. The van der Waals surface area contributed by atoms with Crippen LogP contribution in [0.25, 0.3) is 0 Å². The molecule has 0 spiro atoms. The molecule has 0 fully saturated rings. The van der Waals surface area contributed by atoms with E-state index in [1.54, 1.807) is 0 Å². The fourth-order valence-electron chi connectivity index (χ4n) is 1.07. The Kier molecular flexibility index (Phi) is 5.53. The molecule has 0 radical (unpaired) electrons. The molecule has 4 heteroatoms. The van der Waals surface area contributed by atoms with Crippen LogP contribution in [0.1, 0.15) is 27.7 Å². The van der Waals surface area contributed by atoms with Gasteiger partial charge in [0.15, 0.2) is 0 Å². The zero-order chi connectivity index (χ0) is 11.2. The number of hydrogen-bond donors (Lipinski definition) is 3. The summed E-state index contributed by atoms with van der Waals surface area (Å²) in [5.74, 6) is 0.450. The molecule has 1 unspecified atom stereocenters. The highest BCUT2D eigenvalue weighted by atomic mass is 16.2. The largest absolute Gasteiger partial charge is 0.338 e. The van der Waals surface area contributed by atoms with Gasteiger partial charge in [-0.15, -0.1) is 0 Å². The topological polar surface area (TPSA) is 53.2 Å². The molecule has 0 aromatic heterocycles. The Morgan fingerprint density at radius 3 is 2.29 bits per heavy atom. The molecule has 0 aliphatic carbocycles. The molecular weight excluding hydrogens is 178 g/mol. The third-order valence-corrected chi connectivity index (χ3v) is 1.65. The van der Waals surface area contributed by atoms with E-state index in [1.807, 2.05) is 27.8 Å². The Balaban J connectivity index is 3.64. The molecule has 0 saturated carbocycles. The second-order valence-electron chi connectivity index (χ2n) is 4.75. The van der Waals surface area contributed by atoms with Crippen LogP contribution < -0.4 is 16.0 Å². The van der Waals surface area contributed by atoms with Crippen molar-refractivity contribution in [2.45, 2.75) is 33.2 Å². The molecule has 14 heavy (non-hydrogen) atoms. The van der Waals surface area contributed by atoms with Crippen molar-refractivity contribution in [2.24, 2.45) is 5.92 Å². The van der Waals surface area contributed by atoms with Crippen molar-refractivity contribution in [1.29, 1.82) is 0 Å². The van der Waals surface area contributed by atoms with Crippen molar-refractivity contribution < 1.29 is 4.79 Å². The third-order valence-electron chi connectivity index (χ3n) is 1.65. The summed E-state index contributed by atoms with van der Waals surface area (Å²) >= 11 is 0. The van der Waals surface area contributed by atoms with Crippen LogP contribution in [0.4, 0.5) is 4.79 Å². The highest BCUT2D eigenvalue weighted by Gasteiger charge is 2.13.